The molecule has 5 nitrogen and oxygen atoms in total. The Labute approximate surface area is 221 Å². The van der Waals surface area contributed by atoms with Gasteiger partial charge in [-0.05, 0) is 55.5 Å². The van der Waals surface area contributed by atoms with Gasteiger partial charge in [-0.3, -0.25) is 4.79 Å². The molecule has 1 aliphatic heterocycles. The number of piperazine rings is 1. The van der Waals surface area contributed by atoms with E-state index in [0.717, 1.165) is 54.6 Å². The Morgan fingerprint density at radius 3 is 2.35 bits per heavy atom. The van der Waals surface area contributed by atoms with Gasteiger partial charge in [-0.1, -0.05) is 36.1 Å². The fourth-order valence-corrected chi connectivity index (χ4v) is 4.52. The highest BCUT2D eigenvalue weighted by Crippen LogP contribution is 2.35. The number of halogens is 1. The van der Waals surface area contributed by atoms with Gasteiger partial charge in [-0.2, -0.15) is 0 Å². The van der Waals surface area contributed by atoms with Gasteiger partial charge < -0.3 is 42.8 Å². The van der Waals surface area contributed by atoms with Crippen LogP contribution in [0.1, 0.15) is 42.7 Å². The smallest absolute Gasteiger partial charge is 0.242 e. The molecule has 34 heavy (non-hydrogen) atoms. The van der Waals surface area contributed by atoms with Crippen LogP contribution >= 0.6 is 0 Å². The van der Waals surface area contributed by atoms with E-state index in [1.165, 1.54) is 12.8 Å². The van der Waals surface area contributed by atoms with E-state index in [4.69, 9.17) is 9.47 Å². The minimum Gasteiger partial charge on any atom is -1.00 e. The minimum atomic E-state index is -0.546. The zero-order chi connectivity index (χ0) is 23.3. The number of carbonyl (C=O) groups excluding carboxylic acids is 1. The fourth-order valence-electron chi connectivity index (χ4n) is 4.52. The van der Waals surface area contributed by atoms with Crippen molar-refractivity contribution >= 4 is 5.91 Å². The van der Waals surface area contributed by atoms with Crippen molar-refractivity contribution in [1.82, 2.24) is 4.90 Å². The molecule has 4 rings (SSSR count). The molecule has 2 fully saturated rings. The highest BCUT2D eigenvalue weighted by Gasteiger charge is 2.32. The molecule has 1 aliphatic carbocycles. The average molecular weight is 575 g/mol. The topological polar surface area (TPSA) is 38.8 Å². The van der Waals surface area contributed by atoms with Gasteiger partial charge in [0.05, 0.1) is 53.5 Å². The van der Waals surface area contributed by atoms with Crippen molar-refractivity contribution < 1.29 is 42.7 Å². The van der Waals surface area contributed by atoms with Crippen molar-refractivity contribution in [3.8, 4) is 23.3 Å². The van der Waals surface area contributed by atoms with E-state index in [2.05, 4.69) is 25.9 Å². The van der Waals surface area contributed by atoms with Crippen molar-refractivity contribution in [1.29, 1.82) is 0 Å². The van der Waals surface area contributed by atoms with Crippen molar-refractivity contribution in [2.24, 2.45) is 0 Å². The zero-order valence-corrected chi connectivity index (χ0v) is 22.6. The number of methoxy groups -OCH3 is 1. The predicted molar refractivity (Wildman–Crippen MR) is 130 cm³/mol. The molecule has 1 amide bonds. The van der Waals surface area contributed by atoms with Gasteiger partial charge in [0.1, 0.15) is 5.92 Å². The summed E-state index contributed by atoms with van der Waals surface area (Å²) in [5, 5.41) is 0. The second kappa shape index (κ2) is 11.9. The standard InChI is InChI=1S/C28H35N2O3.HI/c1-30(2)19-17-29(18-20-30)28(31)25(15-13-22-9-5-4-6-10-22)23-14-16-26(32-3)27(21-23)33-24-11-7-8-12-24;/h4-6,9-10,14,16,21,24-25H,7-8,11-12,17-20H2,1-3H3;1H/q+1;/p-1. The summed E-state index contributed by atoms with van der Waals surface area (Å²) < 4.78 is 12.8. The Morgan fingerprint density at radius 2 is 1.71 bits per heavy atom. The Balaban J connectivity index is 0.00000324. The van der Waals surface area contributed by atoms with Crippen LogP contribution in [0.2, 0.25) is 0 Å². The molecule has 2 aromatic rings. The van der Waals surface area contributed by atoms with Crippen LogP contribution in [0, 0.1) is 11.8 Å². The predicted octanol–water partition coefficient (Wildman–Crippen LogP) is 1.07. The molecule has 6 heteroatoms. The van der Waals surface area contributed by atoms with E-state index in [1.54, 1.807) is 7.11 Å². The number of ether oxygens (including phenoxy) is 2. The van der Waals surface area contributed by atoms with Gasteiger partial charge in [0, 0.05) is 5.56 Å². The number of amides is 1. The number of nitrogens with zero attached hydrogens (tertiary/aromatic N) is 2. The summed E-state index contributed by atoms with van der Waals surface area (Å²) in [5.41, 5.74) is 1.76. The van der Waals surface area contributed by atoms with Crippen LogP contribution in [-0.2, 0) is 4.79 Å². The highest BCUT2D eigenvalue weighted by molar-refractivity contribution is 5.87. The monoisotopic (exact) mass is 574 g/mol. The maximum atomic E-state index is 13.7. The molecule has 0 aromatic heterocycles. The normalized spacial score (nSPS) is 18.3. The first-order valence-corrected chi connectivity index (χ1v) is 12.0. The van der Waals surface area contributed by atoms with E-state index in [-0.39, 0.29) is 36.0 Å². The summed E-state index contributed by atoms with van der Waals surface area (Å²) in [7, 11) is 6.08. The molecule has 182 valence electrons. The maximum absolute atomic E-state index is 13.7. The van der Waals surface area contributed by atoms with Crippen LogP contribution in [0.25, 0.3) is 0 Å². The van der Waals surface area contributed by atoms with Crippen LogP contribution in [0.3, 0.4) is 0 Å². The highest BCUT2D eigenvalue weighted by atomic mass is 127. The van der Waals surface area contributed by atoms with E-state index < -0.39 is 5.92 Å². The molecule has 0 bridgehead atoms. The Kier molecular flexibility index (Phi) is 9.26. The summed E-state index contributed by atoms with van der Waals surface area (Å²) in [6, 6.07) is 15.7. The third-order valence-electron chi connectivity index (χ3n) is 6.76. The molecular formula is C28H35IN2O3. The molecule has 1 saturated heterocycles. The number of hydrogen-bond donors (Lipinski definition) is 0. The molecule has 1 atom stereocenters. The third-order valence-corrected chi connectivity index (χ3v) is 6.76. The number of hydrogen-bond acceptors (Lipinski definition) is 3. The maximum Gasteiger partial charge on any atom is 0.242 e. The van der Waals surface area contributed by atoms with Crippen molar-refractivity contribution in [3.63, 3.8) is 0 Å². The second-order valence-electron chi connectivity index (χ2n) is 9.71. The first kappa shape index (κ1) is 26.4. The van der Waals surface area contributed by atoms with Gasteiger partial charge in [-0.25, -0.2) is 0 Å². The molecule has 0 spiro atoms. The third kappa shape index (κ3) is 6.67. The summed E-state index contributed by atoms with van der Waals surface area (Å²) in [6.07, 6.45) is 4.72. The van der Waals surface area contributed by atoms with E-state index in [9.17, 15) is 4.79 Å². The lowest BCUT2D eigenvalue weighted by atomic mass is 9.96. The molecule has 2 aromatic carbocycles. The van der Waals surface area contributed by atoms with E-state index in [0.29, 0.717) is 11.5 Å². The van der Waals surface area contributed by atoms with Crippen molar-refractivity contribution in [2.75, 3.05) is 47.4 Å². The van der Waals surface area contributed by atoms with Gasteiger partial charge in [0.2, 0.25) is 5.91 Å². The largest absolute Gasteiger partial charge is 1.00 e. The van der Waals surface area contributed by atoms with Gasteiger partial charge >= 0.3 is 0 Å². The lowest BCUT2D eigenvalue weighted by Gasteiger charge is -2.39. The molecule has 1 saturated carbocycles. The zero-order valence-electron chi connectivity index (χ0n) is 20.4. The molecular weight excluding hydrogens is 539 g/mol. The van der Waals surface area contributed by atoms with Crippen LogP contribution in [0.5, 0.6) is 11.5 Å². The van der Waals surface area contributed by atoms with E-state index in [1.807, 2.05) is 53.4 Å². The summed E-state index contributed by atoms with van der Waals surface area (Å²) in [5.74, 6) is 7.44. The van der Waals surface area contributed by atoms with Gasteiger partial charge in [-0.15, -0.1) is 0 Å². The van der Waals surface area contributed by atoms with Crippen molar-refractivity contribution in [3.05, 3.63) is 59.7 Å². The first-order valence-electron chi connectivity index (χ1n) is 12.0. The molecule has 0 N–H and O–H groups in total. The van der Waals surface area contributed by atoms with Crippen molar-refractivity contribution in [2.45, 2.75) is 37.7 Å². The Hall–Kier alpha value is -2.24. The Morgan fingerprint density at radius 1 is 1.03 bits per heavy atom. The Bertz CT molecular complexity index is 1010. The number of benzene rings is 2. The minimum absolute atomic E-state index is 0. The number of quaternary nitrogens is 1. The average Bonchev–Trinajstić information content (AvgIpc) is 3.33. The number of likely N-dealkylation sites (N-methyl/N-ethyl adjacent to an activating group) is 1. The van der Waals surface area contributed by atoms with Gasteiger partial charge in [0.25, 0.3) is 0 Å². The molecule has 2 aliphatic rings. The summed E-state index contributed by atoms with van der Waals surface area (Å²) >= 11 is 0. The lowest BCUT2D eigenvalue weighted by molar-refractivity contribution is -0.894. The second-order valence-corrected chi connectivity index (χ2v) is 9.71. The molecule has 1 unspecified atom stereocenters. The summed E-state index contributed by atoms with van der Waals surface area (Å²) in [6.45, 7) is 3.39. The quantitative estimate of drug-likeness (QED) is 0.305. The molecule has 1 heterocycles. The number of rotatable bonds is 5. The van der Waals surface area contributed by atoms with Crippen LogP contribution in [0.15, 0.2) is 48.5 Å². The van der Waals surface area contributed by atoms with Gasteiger partial charge in [0.15, 0.2) is 11.5 Å². The van der Waals surface area contributed by atoms with E-state index >= 15 is 0 Å². The van der Waals surface area contributed by atoms with Crippen LogP contribution in [-0.4, -0.2) is 68.8 Å². The number of carbonyl (C=O) groups is 1. The lowest BCUT2D eigenvalue weighted by Crippen LogP contribution is -3.00. The SMILES string of the molecule is COc1ccc(C(C#Cc2ccccc2)C(=O)N2CC[N+](C)(C)CC2)cc1OC1CCCC1.[I-]. The summed E-state index contributed by atoms with van der Waals surface area (Å²) in [4.78, 5) is 15.7. The van der Waals surface area contributed by atoms with Crippen LogP contribution < -0.4 is 33.5 Å². The molecule has 0 radical (unpaired) electrons. The fraction of sp³-hybridized carbons (Fsp3) is 0.464. The first-order chi connectivity index (χ1) is 15.9. The van der Waals surface area contributed by atoms with Crippen LogP contribution in [0.4, 0.5) is 0 Å².